The van der Waals surface area contributed by atoms with Crippen LogP contribution in [0.25, 0.3) is 0 Å². The van der Waals surface area contributed by atoms with E-state index < -0.39 is 30.7 Å². The number of aliphatic carboxylic acids is 1. The van der Waals surface area contributed by atoms with Crippen LogP contribution in [0.2, 0.25) is 0 Å². The zero-order valence-electron chi connectivity index (χ0n) is 13.2. The first-order valence-corrected chi connectivity index (χ1v) is 7.52. The lowest BCUT2D eigenvalue weighted by Gasteiger charge is -2.14. The number of carbonyl (C=O) groups is 2. The normalized spacial score (nSPS) is 12.5. The van der Waals surface area contributed by atoms with Gasteiger partial charge < -0.3 is 15.2 Å². The van der Waals surface area contributed by atoms with Gasteiger partial charge in [0.1, 0.15) is 11.8 Å². The molecule has 1 aromatic carbocycles. The highest BCUT2D eigenvalue weighted by molar-refractivity contribution is 5.84. The van der Waals surface area contributed by atoms with Crippen molar-refractivity contribution >= 4 is 11.9 Å². The third-order valence-electron chi connectivity index (χ3n) is 3.15. The van der Waals surface area contributed by atoms with E-state index in [1.54, 1.807) is 6.07 Å². The predicted octanol–water partition coefficient (Wildman–Crippen LogP) is 2.93. The molecule has 1 unspecified atom stereocenters. The molecule has 0 radical (unpaired) electrons. The van der Waals surface area contributed by atoms with E-state index in [9.17, 15) is 22.8 Å². The Labute approximate surface area is 137 Å². The summed E-state index contributed by atoms with van der Waals surface area (Å²) in [4.78, 5) is 23.0. The van der Waals surface area contributed by atoms with Crippen molar-refractivity contribution in [2.24, 2.45) is 0 Å². The van der Waals surface area contributed by atoms with Crippen molar-refractivity contribution in [3.8, 4) is 5.75 Å². The molecular formula is C16H20F3NO4. The molecular weight excluding hydrogens is 327 g/mol. The van der Waals surface area contributed by atoms with Gasteiger partial charge in [-0.1, -0.05) is 31.9 Å². The Balaban J connectivity index is 2.61. The zero-order valence-corrected chi connectivity index (χ0v) is 13.2. The van der Waals surface area contributed by atoms with E-state index >= 15 is 0 Å². The Hall–Kier alpha value is -2.25. The van der Waals surface area contributed by atoms with Gasteiger partial charge in [0.15, 0.2) is 6.61 Å². The SMILES string of the molecule is CCCCC(NC(=O)Cc1cccc(OCC(F)(F)F)c1)C(=O)O. The average Bonchev–Trinajstić information content (AvgIpc) is 2.49. The number of nitrogens with one attached hydrogen (secondary N) is 1. The number of rotatable bonds is 9. The minimum atomic E-state index is -4.44. The van der Waals surface area contributed by atoms with E-state index in [4.69, 9.17) is 5.11 Å². The number of unbranched alkanes of at least 4 members (excludes halogenated alkanes) is 1. The molecule has 24 heavy (non-hydrogen) atoms. The summed E-state index contributed by atoms with van der Waals surface area (Å²) in [6.45, 7) is 0.494. The summed E-state index contributed by atoms with van der Waals surface area (Å²) in [7, 11) is 0. The summed E-state index contributed by atoms with van der Waals surface area (Å²) in [5, 5.41) is 11.5. The highest BCUT2D eigenvalue weighted by atomic mass is 19.4. The molecule has 0 aliphatic rings. The first kappa shape index (κ1) is 19.8. The molecule has 0 saturated heterocycles. The van der Waals surface area contributed by atoms with Gasteiger partial charge in [0.2, 0.25) is 5.91 Å². The maximum atomic E-state index is 12.1. The molecule has 2 N–H and O–H groups in total. The molecule has 0 aliphatic carbocycles. The van der Waals surface area contributed by atoms with Gasteiger partial charge in [0.05, 0.1) is 6.42 Å². The van der Waals surface area contributed by atoms with E-state index in [0.717, 1.165) is 6.42 Å². The number of carbonyl (C=O) groups excluding carboxylic acids is 1. The third kappa shape index (κ3) is 7.85. The van der Waals surface area contributed by atoms with Crippen molar-refractivity contribution in [1.29, 1.82) is 0 Å². The number of hydrogen-bond acceptors (Lipinski definition) is 3. The molecule has 134 valence electrons. The van der Waals surface area contributed by atoms with Crippen molar-refractivity contribution < 1.29 is 32.6 Å². The molecule has 1 rings (SSSR count). The monoisotopic (exact) mass is 347 g/mol. The number of halogens is 3. The van der Waals surface area contributed by atoms with Crippen LogP contribution in [0.1, 0.15) is 31.7 Å². The Bertz CT molecular complexity index is 560. The van der Waals surface area contributed by atoms with Gasteiger partial charge in [-0.15, -0.1) is 0 Å². The second-order valence-corrected chi connectivity index (χ2v) is 5.33. The minimum absolute atomic E-state index is 0.00149. The van der Waals surface area contributed by atoms with Crippen LogP contribution in [0.3, 0.4) is 0 Å². The summed E-state index contributed by atoms with van der Waals surface area (Å²) < 4.78 is 41.0. The van der Waals surface area contributed by atoms with Crippen LogP contribution >= 0.6 is 0 Å². The second-order valence-electron chi connectivity index (χ2n) is 5.33. The molecule has 0 heterocycles. The second kappa shape index (κ2) is 9.14. The predicted molar refractivity (Wildman–Crippen MR) is 80.8 cm³/mol. The van der Waals surface area contributed by atoms with Crippen LogP contribution < -0.4 is 10.1 Å². The van der Waals surface area contributed by atoms with Crippen molar-refractivity contribution in [2.45, 2.75) is 44.8 Å². The first-order chi connectivity index (χ1) is 11.2. The van der Waals surface area contributed by atoms with Crippen LogP contribution in [0.15, 0.2) is 24.3 Å². The van der Waals surface area contributed by atoms with E-state index in [1.807, 2.05) is 6.92 Å². The smallest absolute Gasteiger partial charge is 0.422 e. The lowest BCUT2D eigenvalue weighted by molar-refractivity contribution is -0.153. The van der Waals surface area contributed by atoms with Gasteiger partial charge in [-0.05, 0) is 24.1 Å². The average molecular weight is 347 g/mol. The number of ether oxygens (including phenoxy) is 1. The molecule has 1 aromatic rings. The standard InChI is InChI=1S/C16H20F3NO4/c1-2-3-7-13(15(22)23)20-14(21)9-11-5-4-6-12(8-11)24-10-16(17,18)19/h4-6,8,13H,2-3,7,9-10H2,1H3,(H,20,21)(H,22,23). The van der Waals surface area contributed by atoms with E-state index in [2.05, 4.69) is 10.1 Å². The van der Waals surface area contributed by atoms with E-state index in [0.29, 0.717) is 18.4 Å². The van der Waals surface area contributed by atoms with Gasteiger partial charge in [-0.25, -0.2) is 4.79 Å². The Morgan fingerprint density at radius 1 is 1.33 bits per heavy atom. The zero-order chi connectivity index (χ0) is 18.2. The van der Waals surface area contributed by atoms with Gasteiger partial charge >= 0.3 is 12.1 Å². The number of alkyl halides is 3. The lowest BCUT2D eigenvalue weighted by Crippen LogP contribution is -2.41. The fourth-order valence-electron chi connectivity index (χ4n) is 2.01. The van der Waals surface area contributed by atoms with Gasteiger partial charge in [-0.3, -0.25) is 4.79 Å². The summed E-state index contributed by atoms with van der Waals surface area (Å²) in [6.07, 6.45) is -2.79. The first-order valence-electron chi connectivity index (χ1n) is 7.52. The Kier molecular flexibility index (Phi) is 7.54. The molecule has 8 heteroatoms. The van der Waals surface area contributed by atoms with Crippen molar-refractivity contribution in [3.05, 3.63) is 29.8 Å². The molecule has 0 bridgehead atoms. The van der Waals surface area contributed by atoms with Crippen molar-refractivity contribution in [1.82, 2.24) is 5.32 Å². The largest absolute Gasteiger partial charge is 0.484 e. The van der Waals surface area contributed by atoms with Gasteiger partial charge in [-0.2, -0.15) is 13.2 Å². The summed E-state index contributed by atoms with van der Waals surface area (Å²) in [5.41, 5.74) is 0.437. The summed E-state index contributed by atoms with van der Waals surface area (Å²) in [5.74, 6) is -1.62. The van der Waals surface area contributed by atoms with Crippen LogP contribution in [0.4, 0.5) is 13.2 Å². The highest BCUT2D eigenvalue weighted by Crippen LogP contribution is 2.19. The van der Waals surface area contributed by atoms with Crippen LogP contribution in [-0.2, 0) is 16.0 Å². The summed E-state index contributed by atoms with van der Waals surface area (Å²) >= 11 is 0. The third-order valence-corrected chi connectivity index (χ3v) is 3.15. The van der Waals surface area contributed by atoms with Gasteiger partial charge in [0, 0.05) is 0 Å². The van der Waals surface area contributed by atoms with Crippen molar-refractivity contribution in [2.75, 3.05) is 6.61 Å². The maximum Gasteiger partial charge on any atom is 0.422 e. The van der Waals surface area contributed by atoms with Crippen molar-refractivity contribution in [3.63, 3.8) is 0 Å². The van der Waals surface area contributed by atoms with Gasteiger partial charge in [0.25, 0.3) is 0 Å². The molecule has 0 saturated carbocycles. The fraction of sp³-hybridized carbons (Fsp3) is 0.500. The topological polar surface area (TPSA) is 75.6 Å². The molecule has 1 amide bonds. The number of amides is 1. The number of carboxylic acids is 1. The molecule has 0 spiro atoms. The van der Waals surface area contributed by atoms with E-state index in [1.165, 1.54) is 18.2 Å². The number of benzene rings is 1. The summed E-state index contributed by atoms with van der Waals surface area (Å²) in [6, 6.07) is 4.74. The van der Waals surface area contributed by atoms with Crippen LogP contribution in [-0.4, -0.2) is 35.8 Å². The quantitative estimate of drug-likeness (QED) is 0.720. The van der Waals surface area contributed by atoms with Crippen LogP contribution in [0, 0.1) is 0 Å². The molecule has 1 atom stereocenters. The minimum Gasteiger partial charge on any atom is -0.484 e. The molecule has 0 fully saturated rings. The molecule has 5 nitrogen and oxygen atoms in total. The Morgan fingerprint density at radius 2 is 2.04 bits per heavy atom. The fourth-order valence-corrected chi connectivity index (χ4v) is 2.01. The Morgan fingerprint density at radius 3 is 2.62 bits per heavy atom. The lowest BCUT2D eigenvalue weighted by atomic mass is 10.1. The molecule has 0 aromatic heterocycles. The van der Waals surface area contributed by atoms with Crippen LogP contribution in [0.5, 0.6) is 5.75 Å². The maximum absolute atomic E-state index is 12.1. The highest BCUT2D eigenvalue weighted by Gasteiger charge is 2.28. The number of hydrogen-bond donors (Lipinski definition) is 2. The number of carboxylic acid groups (broad SMARTS) is 1. The van der Waals surface area contributed by atoms with E-state index in [-0.39, 0.29) is 12.2 Å². The molecule has 0 aliphatic heterocycles.